The van der Waals surface area contributed by atoms with Crippen molar-refractivity contribution in [1.29, 1.82) is 0 Å². The lowest BCUT2D eigenvalue weighted by atomic mass is 10.0. The van der Waals surface area contributed by atoms with E-state index in [1.165, 1.54) is 0 Å². The van der Waals surface area contributed by atoms with E-state index in [0.717, 1.165) is 0 Å². The second kappa shape index (κ2) is 11.4. The predicted molar refractivity (Wildman–Crippen MR) is 120 cm³/mol. The number of carbonyl (C=O) groups excluding carboxylic acids is 4. The van der Waals surface area contributed by atoms with E-state index in [0.29, 0.717) is 0 Å². The van der Waals surface area contributed by atoms with Crippen LogP contribution in [0.4, 0.5) is 9.59 Å². The molecule has 10 heteroatoms. The van der Waals surface area contributed by atoms with Crippen molar-refractivity contribution in [3.8, 4) is 0 Å². The van der Waals surface area contributed by atoms with Gasteiger partial charge in [0.25, 0.3) is 0 Å². The minimum absolute atomic E-state index is 0.279. The fraction of sp³-hybridized carbons (Fsp3) is 0.818. The summed E-state index contributed by atoms with van der Waals surface area (Å²) < 4.78 is 15.8. The maximum Gasteiger partial charge on any atom is 0.408 e. The van der Waals surface area contributed by atoms with Gasteiger partial charge in [0, 0.05) is 0 Å². The van der Waals surface area contributed by atoms with Gasteiger partial charge >= 0.3 is 18.2 Å². The van der Waals surface area contributed by atoms with E-state index in [2.05, 4.69) is 16.0 Å². The van der Waals surface area contributed by atoms with Crippen molar-refractivity contribution in [3.05, 3.63) is 0 Å². The lowest BCUT2D eigenvalue weighted by molar-refractivity contribution is -0.160. The number of amides is 3. The van der Waals surface area contributed by atoms with Gasteiger partial charge in [0.2, 0.25) is 5.91 Å². The molecule has 186 valence electrons. The number of nitrogens with one attached hydrogen (secondary N) is 3. The molecule has 0 aromatic heterocycles. The molecule has 0 aromatic carbocycles. The summed E-state index contributed by atoms with van der Waals surface area (Å²) in [5.74, 6) is -1.57. The second-order valence-electron chi connectivity index (χ2n) is 10.8. The molecule has 3 amide bonds. The Bertz CT molecular complexity index is 670. The zero-order valence-electron chi connectivity index (χ0n) is 21.3. The number of ether oxygens (including phenoxy) is 3. The molecule has 0 spiro atoms. The quantitative estimate of drug-likeness (QED) is 0.394. The SMILES string of the molecule is CC(C)[C@H](NC(=O)[C@H](CNC(=O)OC(C)(C)C)NC(=O)OC(C)(C)C)C(=O)OC(C)(C)C. The third kappa shape index (κ3) is 13.7. The van der Waals surface area contributed by atoms with Crippen LogP contribution in [0.15, 0.2) is 0 Å². The zero-order chi connectivity index (χ0) is 25.5. The van der Waals surface area contributed by atoms with E-state index in [1.807, 2.05) is 0 Å². The van der Waals surface area contributed by atoms with Crippen molar-refractivity contribution in [2.24, 2.45) is 5.92 Å². The van der Waals surface area contributed by atoms with Crippen LogP contribution in [-0.2, 0) is 23.8 Å². The van der Waals surface area contributed by atoms with Crippen molar-refractivity contribution in [1.82, 2.24) is 16.0 Å². The van der Waals surface area contributed by atoms with Gasteiger partial charge in [-0.1, -0.05) is 13.8 Å². The summed E-state index contributed by atoms with van der Waals surface area (Å²) in [5, 5.41) is 7.48. The molecule has 0 heterocycles. The summed E-state index contributed by atoms with van der Waals surface area (Å²) >= 11 is 0. The van der Waals surface area contributed by atoms with Crippen LogP contribution in [0.2, 0.25) is 0 Å². The highest BCUT2D eigenvalue weighted by molar-refractivity contribution is 5.90. The fourth-order valence-corrected chi connectivity index (χ4v) is 2.28. The molecule has 0 aliphatic rings. The van der Waals surface area contributed by atoms with Crippen molar-refractivity contribution in [2.45, 2.75) is 105 Å². The normalized spacial score (nSPS) is 14.1. The lowest BCUT2D eigenvalue weighted by Crippen LogP contribution is -2.57. The Kier molecular flexibility index (Phi) is 10.5. The molecule has 0 saturated heterocycles. The number of hydrogen-bond acceptors (Lipinski definition) is 7. The summed E-state index contributed by atoms with van der Waals surface area (Å²) in [6, 6.07) is -2.17. The van der Waals surface area contributed by atoms with Gasteiger partial charge in [0.05, 0.1) is 6.54 Å². The molecule has 0 saturated carbocycles. The van der Waals surface area contributed by atoms with Crippen molar-refractivity contribution in [3.63, 3.8) is 0 Å². The average molecular weight is 460 g/mol. The molecule has 2 atom stereocenters. The maximum atomic E-state index is 12.9. The van der Waals surface area contributed by atoms with E-state index >= 15 is 0 Å². The van der Waals surface area contributed by atoms with E-state index in [-0.39, 0.29) is 12.5 Å². The first kappa shape index (κ1) is 29.5. The molecule has 0 aromatic rings. The highest BCUT2D eigenvalue weighted by Gasteiger charge is 2.33. The Morgan fingerprint density at radius 3 is 1.53 bits per heavy atom. The molecule has 0 aliphatic carbocycles. The predicted octanol–water partition coefficient (Wildman–Crippen LogP) is 2.89. The highest BCUT2D eigenvalue weighted by atomic mass is 16.6. The first-order valence-electron chi connectivity index (χ1n) is 10.7. The van der Waals surface area contributed by atoms with Crippen LogP contribution in [0, 0.1) is 5.92 Å². The van der Waals surface area contributed by atoms with E-state index in [9.17, 15) is 19.2 Å². The van der Waals surface area contributed by atoms with Gasteiger partial charge in [-0.3, -0.25) is 4.79 Å². The molecule has 32 heavy (non-hydrogen) atoms. The van der Waals surface area contributed by atoms with Crippen LogP contribution < -0.4 is 16.0 Å². The number of esters is 1. The van der Waals surface area contributed by atoms with Crippen LogP contribution in [0.25, 0.3) is 0 Å². The molecule has 0 bridgehead atoms. The van der Waals surface area contributed by atoms with Gasteiger partial charge < -0.3 is 30.2 Å². The number of alkyl carbamates (subject to hydrolysis) is 2. The lowest BCUT2D eigenvalue weighted by Gasteiger charge is -2.29. The topological polar surface area (TPSA) is 132 Å². The van der Waals surface area contributed by atoms with Crippen LogP contribution in [-0.4, -0.2) is 59.5 Å². The van der Waals surface area contributed by atoms with Crippen molar-refractivity contribution >= 4 is 24.1 Å². The average Bonchev–Trinajstić information content (AvgIpc) is 2.50. The molecule has 0 radical (unpaired) electrons. The molecule has 0 rings (SSSR count). The fourth-order valence-electron chi connectivity index (χ4n) is 2.28. The monoisotopic (exact) mass is 459 g/mol. The molecular weight excluding hydrogens is 418 g/mol. The minimum Gasteiger partial charge on any atom is -0.458 e. The van der Waals surface area contributed by atoms with Crippen LogP contribution >= 0.6 is 0 Å². The van der Waals surface area contributed by atoms with E-state index in [1.54, 1.807) is 76.2 Å². The van der Waals surface area contributed by atoms with Gasteiger partial charge in [0.15, 0.2) is 0 Å². The van der Waals surface area contributed by atoms with Crippen LogP contribution in [0.3, 0.4) is 0 Å². The summed E-state index contributed by atoms with van der Waals surface area (Å²) in [5.41, 5.74) is -2.26. The minimum atomic E-state index is -1.22. The molecule has 3 N–H and O–H groups in total. The summed E-state index contributed by atoms with van der Waals surface area (Å²) in [6.45, 7) is 18.5. The Morgan fingerprint density at radius 1 is 0.688 bits per heavy atom. The third-order valence-electron chi connectivity index (χ3n) is 3.48. The zero-order valence-corrected chi connectivity index (χ0v) is 21.3. The first-order chi connectivity index (χ1) is 14.2. The summed E-state index contributed by atoms with van der Waals surface area (Å²) in [4.78, 5) is 49.7. The van der Waals surface area contributed by atoms with E-state index < -0.39 is 52.9 Å². The Hall–Kier alpha value is -2.52. The third-order valence-corrected chi connectivity index (χ3v) is 3.48. The van der Waals surface area contributed by atoms with Crippen molar-refractivity contribution in [2.75, 3.05) is 6.54 Å². The molecule has 0 unspecified atom stereocenters. The van der Waals surface area contributed by atoms with Crippen molar-refractivity contribution < 1.29 is 33.4 Å². The number of rotatable bonds is 7. The van der Waals surface area contributed by atoms with E-state index in [4.69, 9.17) is 14.2 Å². The van der Waals surface area contributed by atoms with Gasteiger partial charge in [-0.05, 0) is 68.2 Å². The van der Waals surface area contributed by atoms with Gasteiger partial charge in [0.1, 0.15) is 28.9 Å². The Labute approximate surface area is 191 Å². The first-order valence-corrected chi connectivity index (χ1v) is 10.7. The maximum absolute atomic E-state index is 12.9. The Morgan fingerprint density at radius 2 is 1.12 bits per heavy atom. The highest BCUT2D eigenvalue weighted by Crippen LogP contribution is 2.13. The number of hydrogen-bond donors (Lipinski definition) is 3. The molecule has 0 aliphatic heterocycles. The molecule has 10 nitrogen and oxygen atoms in total. The molecular formula is C22H41N3O7. The van der Waals surface area contributed by atoms with Crippen LogP contribution in [0.1, 0.15) is 76.2 Å². The van der Waals surface area contributed by atoms with Gasteiger partial charge in [-0.15, -0.1) is 0 Å². The summed E-state index contributed by atoms with van der Waals surface area (Å²) in [6.07, 6.45) is -1.60. The summed E-state index contributed by atoms with van der Waals surface area (Å²) in [7, 11) is 0. The number of carbonyl (C=O) groups is 4. The smallest absolute Gasteiger partial charge is 0.408 e. The largest absolute Gasteiger partial charge is 0.458 e. The van der Waals surface area contributed by atoms with Crippen LogP contribution in [0.5, 0.6) is 0 Å². The molecule has 0 fully saturated rings. The Balaban J connectivity index is 5.46. The second-order valence-corrected chi connectivity index (χ2v) is 10.8. The standard InChI is InChI=1S/C22H41N3O7/c1-13(2)15(17(27)30-20(3,4)5)25-16(26)14(24-19(29)32-22(9,10)11)12-23-18(28)31-21(6,7)8/h13-15H,12H2,1-11H3,(H,23,28)(H,24,29)(H,25,26)/t14-,15-/m0/s1. The van der Waals surface area contributed by atoms with Gasteiger partial charge in [-0.2, -0.15) is 0 Å². The van der Waals surface area contributed by atoms with Gasteiger partial charge in [-0.25, -0.2) is 14.4 Å².